The van der Waals surface area contributed by atoms with Crippen molar-refractivity contribution in [2.24, 2.45) is 0 Å². The minimum atomic E-state index is 0.219. The number of amides is 2. The lowest BCUT2D eigenvalue weighted by Crippen LogP contribution is -2.46. The van der Waals surface area contributed by atoms with Crippen molar-refractivity contribution in [3.8, 4) is 0 Å². The van der Waals surface area contributed by atoms with E-state index in [0.717, 1.165) is 63.8 Å². The molecule has 3 aliphatic rings. The molecule has 4 rings (SSSR count). The summed E-state index contributed by atoms with van der Waals surface area (Å²) >= 11 is 0. The summed E-state index contributed by atoms with van der Waals surface area (Å²) in [6, 6.07) is 0.608. The maximum Gasteiger partial charge on any atom is 0.320 e. The lowest BCUT2D eigenvalue weighted by Gasteiger charge is -2.35. The number of rotatable bonds is 5. The highest BCUT2D eigenvalue weighted by Gasteiger charge is 2.35. The number of piperidine rings is 1. The lowest BCUT2D eigenvalue weighted by molar-refractivity contribution is 0.119. The standard InChI is InChI=1S/C16H25N5O2/c1-2-20-9-10-21(16(20)22)13-5-7-19(8-6-13)11-14-17-15(18-23-14)12-3-4-12/h12-13H,2-11H2,1H3. The van der Waals surface area contributed by atoms with Crippen molar-refractivity contribution in [1.82, 2.24) is 24.8 Å². The Morgan fingerprint density at radius 1 is 1.13 bits per heavy atom. The minimum Gasteiger partial charge on any atom is -0.338 e. The molecule has 126 valence electrons. The van der Waals surface area contributed by atoms with Gasteiger partial charge in [0.25, 0.3) is 0 Å². The van der Waals surface area contributed by atoms with Gasteiger partial charge in [-0.15, -0.1) is 0 Å². The quantitative estimate of drug-likeness (QED) is 0.826. The van der Waals surface area contributed by atoms with Gasteiger partial charge in [0.2, 0.25) is 5.89 Å². The van der Waals surface area contributed by atoms with Gasteiger partial charge in [-0.25, -0.2) is 4.79 Å². The fraction of sp³-hybridized carbons (Fsp3) is 0.812. The van der Waals surface area contributed by atoms with Gasteiger partial charge in [-0.05, 0) is 32.6 Å². The number of likely N-dealkylation sites (N-methyl/N-ethyl adjacent to an activating group) is 1. The molecule has 7 heteroatoms. The Hall–Kier alpha value is -1.63. The van der Waals surface area contributed by atoms with Crippen LogP contribution in [0.4, 0.5) is 4.79 Å². The summed E-state index contributed by atoms with van der Waals surface area (Å²) in [6.45, 7) is 7.33. The molecule has 1 saturated carbocycles. The van der Waals surface area contributed by atoms with Crippen LogP contribution < -0.4 is 0 Å². The Bertz CT molecular complexity index is 563. The van der Waals surface area contributed by atoms with Crippen LogP contribution >= 0.6 is 0 Å². The highest BCUT2D eigenvalue weighted by Crippen LogP contribution is 2.38. The molecule has 1 aliphatic carbocycles. The van der Waals surface area contributed by atoms with Crippen LogP contribution in [-0.4, -0.2) is 69.6 Å². The first-order valence-electron chi connectivity index (χ1n) is 8.85. The van der Waals surface area contributed by atoms with Crippen molar-refractivity contribution in [3.05, 3.63) is 11.7 Å². The maximum absolute atomic E-state index is 12.3. The molecule has 3 fully saturated rings. The molecule has 7 nitrogen and oxygen atoms in total. The Morgan fingerprint density at radius 3 is 2.57 bits per heavy atom. The molecule has 0 atom stereocenters. The summed E-state index contributed by atoms with van der Waals surface area (Å²) < 4.78 is 5.37. The van der Waals surface area contributed by atoms with Crippen LogP contribution in [0, 0.1) is 0 Å². The molecule has 2 amide bonds. The molecule has 0 N–H and O–H groups in total. The van der Waals surface area contributed by atoms with Crippen LogP contribution in [0.1, 0.15) is 50.2 Å². The smallest absolute Gasteiger partial charge is 0.320 e. The number of carbonyl (C=O) groups excluding carboxylic acids is 1. The Balaban J connectivity index is 1.28. The zero-order chi connectivity index (χ0) is 15.8. The summed E-state index contributed by atoms with van der Waals surface area (Å²) in [6.07, 6.45) is 4.46. The second-order valence-electron chi connectivity index (χ2n) is 6.88. The van der Waals surface area contributed by atoms with Crippen molar-refractivity contribution in [2.75, 3.05) is 32.7 Å². The van der Waals surface area contributed by atoms with E-state index < -0.39 is 0 Å². The molecule has 0 unspecified atom stereocenters. The van der Waals surface area contributed by atoms with E-state index in [1.807, 2.05) is 11.8 Å². The summed E-state index contributed by atoms with van der Waals surface area (Å²) in [7, 11) is 0. The molecule has 0 aromatic carbocycles. The Morgan fingerprint density at radius 2 is 1.91 bits per heavy atom. The zero-order valence-corrected chi connectivity index (χ0v) is 13.8. The third-order valence-electron chi connectivity index (χ3n) is 5.29. The molecular weight excluding hydrogens is 294 g/mol. The van der Waals surface area contributed by atoms with Crippen molar-refractivity contribution < 1.29 is 9.32 Å². The lowest BCUT2D eigenvalue weighted by atomic mass is 10.0. The second kappa shape index (κ2) is 6.11. The molecule has 0 radical (unpaired) electrons. The van der Waals surface area contributed by atoms with E-state index in [1.165, 1.54) is 12.8 Å². The SMILES string of the molecule is CCN1CCN(C2CCN(Cc3nc(C4CC4)no3)CC2)C1=O. The molecular formula is C16H25N5O2. The van der Waals surface area contributed by atoms with Crippen molar-refractivity contribution >= 4 is 6.03 Å². The number of carbonyl (C=O) groups is 1. The second-order valence-corrected chi connectivity index (χ2v) is 6.88. The van der Waals surface area contributed by atoms with Crippen molar-refractivity contribution in [2.45, 2.75) is 51.1 Å². The van der Waals surface area contributed by atoms with Crippen LogP contribution in [0.5, 0.6) is 0 Å². The molecule has 2 aliphatic heterocycles. The number of nitrogens with zero attached hydrogens (tertiary/aromatic N) is 5. The highest BCUT2D eigenvalue weighted by molar-refractivity contribution is 5.76. The van der Waals surface area contributed by atoms with Crippen molar-refractivity contribution in [3.63, 3.8) is 0 Å². The third-order valence-corrected chi connectivity index (χ3v) is 5.29. The van der Waals surface area contributed by atoms with Gasteiger partial charge in [0.15, 0.2) is 5.82 Å². The van der Waals surface area contributed by atoms with Gasteiger partial charge in [0, 0.05) is 44.7 Å². The van der Waals surface area contributed by atoms with E-state index in [-0.39, 0.29) is 6.03 Å². The summed E-state index contributed by atoms with van der Waals surface area (Å²) in [5, 5.41) is 4.08. The third kappa shape index (κ3) is 3.06. The molecule has 1 aromatic rings. The van der Waals surface area contributed by atoms with E-state index in [9.17, 15) is 4.79 Å². The molecule has 3 heterocycles. The summed E-state index contributed by atoms with van der Waals surface area (Å²) in [5.41, 5.74) is 0. The van der Waals surface area contributed by atoms with E-state index in [4.69, 9.17) is 4.52 Å². The normalized spacial score (nSPS) is 24.0. The van der Waals surface area contributed by atoms with Gasteiger partial charge in [0.1, 0.15) is 0 Å². The average Bonchev–Trinajstić information content (AvgIpc) is 3.21. The minimum absolute atomic E-state index is 0.219. The number of hydrogen-bond acceptors (Lipinski definition) is 5. The molecule has 0 bridgehead atoms. The van der Waals surface area contributed by atoms with Crippen LogP contribution in [0.3, 0.4) is 0 Å². The largest absolute Gasteiger partial charge is 0.338 e. The Kier molecular flexibility index (Phi) is 3.97. The molecule has 1 aromatic heterocycles. The number of hydrogen-bond donors (Lipinski definition) is 0. The first-order valence-corrected chi connectivity index (χ1v) is 8.85. The monoisotopic (exact) mass is 319 g/mol. The Labute approximate surface area is 136 Å². The molecule has 0 spiro atoms. The van der Waals surface area contributed by atoms with Crippen LogP contribution in [0.2, 0.25) is 0 Å². The number of urea groups is 1. The summed E-state index contributed by atoms with van der Waals surface area (Å²) in [4.78, 5) is 23.2. The predicted molar refractivity (Wildman–Crippen MR) is 83.9 cm³/mol. The van der Waals surface area contributed by atoms with E-state index >= 15 is 0 Å². The van der Waals surface area contributed by atoms with Crippen LogP contribution in [-0.2, 0) is 6.54 Å². The fourth-order valence-electron chi connectivity index (χ4n) is 3.65. The van der Waals surface area contributed by atoms with Crippen molar-refractivity contribution in [1.29, 1.82) is 0 Å². The fourth-order valence-corrected chi connectivity index (χ4v) is 3.65. The number of aromatic nitrogens is 2. The first kappa shape index (κ1) is 14.9. The molecule has 2 saturated heterocycles. The topological polar surface area (TPSA) is 65.7 Å². The van der Waals surface area contributed by atoms with Crippen LogP contribution in [0.15, 0.2) is 4.52 Å². The van der Waals surface area contributed by atoms with Gasteiger partial charge in [0.05, 0.1) is 6.54 Å². The predicted octanol–water partition coefficient (Wildman–Crippen LogP) is 1.67. The molecule has 23 heavy (non-hydrogen) atoms. The van der Waals surface area contributed by atoms with E-state index in [0.29, 0.717) is 12.0 Å². The zero-order valence-electron chi connectivity index (χ0n) is 13.8. The van der Waals surface area contributed by atoms with Gasteiger partial charge >= 0.3 is 6.03 Å². The summed E-state index contributed by atoms with van der Waals surface area (Å²) in [5.74, 6) is 2.16. The van der Waals surface area contributed by atoms with Gasteiger partial charge < -0.3 is 14.3 Å². The van der Waals surface area contributed by atoms with E-state index in [2.05, 4.69) is 19.9 Å². The average molecular weight is 319 g/mol. The highest BCUT2D eigenvalue weighted by atomic mass is 16.5. The van der Waals surface area contributed by atoms with Gasteiger partial charge in [-0.3, -0.25) is 4.90 Å². The van der Waals surface area contributed by atoms with Crippen LogP contribution in [0.25, 0.3) is 0 Å². The van der Waals surface area contributed by atoms with E-state index in [1.54, 1.807) is 0 Å². The first-order chi connectivity index (χ1) is 11.2. The maximum atomic E-state index is 12.3. The van der Waals surface area contributed by atoms with Gasteiger partial charge in [-0.1, -0.05) is 5.16 Å². The number of likely N-dealkylation sites (tertiary alicyclic amines) is 1. The van der Waals surface area contributed by atoms with Gasteiger partial charge in [-0.2, -0.15) is 4.98 Å².